The van der Waals surface area contributed by atoms with Gasteiger partial charge in [0.1, 0.15) is 0 Å². The van der Waals surface area contributed by atoms with Gasteiger partial charge in [-0.05, 0) is 12.1 Å². The minimum Gasteiger partial charge on any atom is -0.211 e. The van der Waals surface area contributed by atoms with Crippen LogP contribution < -0.4 is 0 Å². The summed E-state index contributed by atoms with van der Waals surface area (Å²) in [6.07, 6.45) is 1.50. The van der Waals surface area contributed by atoms with E-state index in [-0.39, 0.29) is 0 Å². The fourth-order valence-electron chi connectivity index (χ4n) is 0.812. The van der Waals surface area contributed by atoms with Gasteiger partial charge in [-0.2, -0.15) is 4.99 Å². The summed E-state index contributed by atoms with van der Waals surface area (Å²) >= 11 is 0. The Morgan fingerprint density at radius 1 is 0.846 bits per heavy atom. The van der Waals surface area contributed by atoms with Crippen LogP contribution in [-0.2, 0) is 4.79 Å². The smallest absolute Gasteiger partial charge is 0.211 e. The lowest BCUT2D eigenvalue weighted by molar-refractivity contribution is 0.565. The van der Waals surface area contributed by atoms with Gasteiger partial charge in [0.25, 0.3) is 0 Å². The molecule has 0 heterocycles. The quantitative estimate of drug-likeness (QED) is 0.472. The zero-order chi connectivity index (χ0) is 9.36. The van der Waals surface area contributed by atoms with E-state index in [1.54, 1.807) is 12.1 Å². The lowest BCUT2D eigenvalue weighted by Crippen LogP contribution is -1.57. The van der Waals surface area contributed by atoms with Crippen molar-refractivity contribution in [3.8, 4) is 0 Å². The summed E-state index contributed by atoms with van der Waals surface area (Å²) in [5, 5.41) is 0. The molecule has 0 bridgehead atoms. The van der Waals surface area contributed by atoms with E-state index in [1.165, 1.54) is 6.08 Å². The van der Waals surface area contributed by atoms with Gasteiger partial charge >= 0.3 is 0 Å². The molecule has 0 amide bonds. The molecule has 0 N–H and O–H groups in total. The van der Waals surface area contributed by atoms with Crippen molar-refractivity contribution in [1.82, 2.24) is 0 Å². The Hall–Kier alpha value is -1.92. The highest BCUT2D eigenvalue weighted by Gasteiger charge is 1.77. The van der Waals surface area contributed by atoms with Gasteiger partial charge in [0, 0.05) is 0 Å². The Bertz CT molecular complexity index is 341. The lowest BCUT2D eigenvalue weighted by Gasteiger charge is -1.80. The molecule has 0 spiro atoms. The van der Waals surface area contributed by atoms with Crippen LogP contribution in [0.5, 0.6) is 0 Å². The number of aliphatic imine (C=N–C) groups is 1. The zero-order valence-electron chi connectivity index (χ0n) is 7.05. The second-order valence-corrected chi connectivity index (χ2v) is 2.31. The molecule has 1 aromatic rings. The first kappa shape index (κ1) is 9.17. The zero-order valence-corrected chi connectivity index (χ0v) is 7.05. The van der Waals surface area contributed by atoms with Gasteiger partial charge in [0.05, 0.1) is 5.69 Å². The molecule has 0 atom stereocenters. The van der Waals surface area contributed by atoms with Gasteiger partial charge in [0.15, 0.2) is 0 Å². The molecule has 0 fully saturated rings. The van der Waals surface area contributed by atoms with Gasteiger partial charge in [0.2, 0.25) is 6.08 Å². The van der Waals surface area contributed by atoms with Crippen molar-refractivity contribution in [3.05, 3.63) is 54.6 Å². The Morgan fingerprint density at radius 2 is 1.31 bits per heavy atom. The molecule has 0 aromatic heterocycles. The van der Waals surface area contributed by atoms with E-state index in [1.807, 2.05) is 42.5 Å². The summed E-state index contributed by atoms with van der Waals surface area (Å²) in [6, 6.07) is 16.6. The molecule has 0 saturated heterocycles. The SMILES string of the molecule is O=C=Nc1ccccccccc1. The average Bonchev–Trinajstić information content (AvgIpc) is 2.16. The largest absolute Gasteiger partial charge is 0.240 e. The van der Waals surface area contributed by atoms with Crippen LogP contribution in [-0.4, -0.2) is 6.08 Å². The van der Waals surface area contributed by atoms with E-state index in [2.05, 4.69) is 4.99 Å². The van der Waals surface area contributed by atoms with Gasteiger partial charge in [-0.1, -0.05) is 42.5 Å². The molecule has 0 saturated carbocycles. The highest BCUT2D eigenvalue weighted by molar-refractivity contribution is 5.47. The van der Waals surface area contributed by atoms with Crippen LogP contribution in [0.1, 0.15) is 0 Å². The maximum atomic E-state index is 10.0. The van der Waals surface area contributed by atoms with Crippen LogP contribution in [0.15, 0.2) is 59.6 Å². The average molecular weight is 171 g/mol. The first-order chi connectivity index (χ1) is 6.43. The second-order valence-electron chi connectivity index (χ2n) is 2.31. The topological polar surface area (TPSA) is 29.4 Å². The molecule has 0 aliphatic carbocycles. The van der Waals surface area contributed by atoms with Crippen LogP contribution in [0.25, 0.3) is 0 Å². The maximum absolute atomic E-state index is 10.0. The molecule has 0 radical (unpaired) electrons. The summed E-state index contributed by atoms with van der Waals surface area (Å²) in [7, 11) is 0. The summed E-state index contributed by atoms with van der Waals surface area (Å²) < 4.78 is 0. The third kappa shape index (κ3) is 3.85. The van der Waals surface area contributed by atoms with Gasteiger partial charge in [-0.25, -0.2) is 4.79 Å². The predicted octanol–water partition coefficient (Wildman–Crippen LogP) is 2.78. The summed E-state index contributed by atoms with van der Waals surface area (Å²) in [6.45, 7) is 0. The van der Waals surface area contributed by atoms with Crippen LogP contribution in [0.4, 0.5) is 5.69 Å². The van der Waals surface area contributed by atoms with Crippen molar-refractivity contribution in [2.24, 2.45) is 4.99 Å². The number of hydrogen-bond acceptors (Lipinski definition) is 2. The molecule has 64 valence electrons. The van der Waals surface area contributed by atoms with E-state index < -0.39 is 0 Å². The van der Waals surface area contributed by atoms with Crippen molar-refractivity contribution in [1.29, 1.82) is 0 Å². The lowest BCUT2D eigenvalue weighted by atomic mass is 10.3. The number of isocyanates is 1. The minimum absolute atomic E-state index is 0.589. The normalized spacial score (nSPS) is 8.00. The fraction of sp³-hybridized carbons (Fsp3) is 0. The first-order valence-corrected chi connectivity index (χ1v) is 3.90. The molecular formula is C11H9NO. The third-order valence-corrected chi connectivity index (χ3v) is 1.38. The van der Waals surface area contributed by atoms with Crippen LogP contribution >= 0.6 is 0 Å². The highest BCUT2D eigenvalue weighted by atomic mass is 16.1. The van der Waals surface area contributed by atoms with Gasteiger partial charge in [-0.15, -0.1) is 0 Å². The highest BCUT2D eigenvalue weighted by Crippen LogP contribution is 2.04. The standard InChI is InChI=1S/C11H9NO/c13-10-12-11-8-6-4-2-1-3-5-7-9-11/h1-9H. The molecule has 1 aromatic carbocycles. The molecule has 0 aliphatic rings. The predicted molar refractivity (Wildman–Crippen MR) is 51.9 cm³/mol. The van der Waals surface area contributed by atoms with E-state index >= 15 is 0 Å². The van der Waals surface area contributed by atoms with E-state index in [4.69, 9.17) is 0 Å². The van der Waals surface area contributed by atoms with Crippen LogP contribution in [0, 0.1) is 0 Å². The first-order valence-electron chi connectivity index (χ1n) is 3.90. The molecule has 13 heavy (non-hydrogen) atoms. The number of carbonyl (C=O) groups excluding carboxylic acids is 1. The van der Waals surface area contributed by atoms with Gasteiger partial charge in [-0.3, -0.25) is 0 Å². The number of hydrogen-bond donors (Lipinski definition) is 0. The summed E-state index contributed by atoms with van der Waals surface area (Å²) in [5.41, 5.74) is 0.589. The van der Waals surface area contributed by atoms with E-state index in [9.17, 15) is 4.79 Å². The van der Waals surface area contributed by atoms with Crippen molar-refractivity contribution < 1.29 is 4.79 Å². The van der Waals surface area contributed by atoms with Crippen molar-refractivity contribution >= 4 is 11.8 Å². The molecule has 2 heteroatoms. The van der Waals surface area contributed by atoms with Crippen molar-refractivity contribution in [3.63, 3.8) is 0 Å². The molecule has 0 unspecified atom stereocenters. The maximum Gasteiger partial charge on any atom is 0.240 e. The van der Waals surface area contributed by atoms with E-state index in [0.29, 0.717) is 5.69 Å². The van der Waals surface area contributed by atoms with Crippen LogP contribution in [0.3, 0.4) is 0 Å². The molecule has 2 nitrogen and oxygen atoms in total. The molecule has 1 rings (SSSR count). The van der Waals surface area contributed by atoms with E-state index in [0.717, 1.165) is 0 Å². The summed E-state index contributed by atoms with van der Waals surface area (Å²) in [4.78, 5) is 13.5. The van der Waals surface area contributed by atoms with Crippen molar-refractivity contribution in [2.75, 3.05) is 0 Å². The minimum atomic E-state index is 0.589. The Kier molecular flexibility index (Phi) is 4.02. The van der Waals surface area contributed by atoms with Gasteiger partial charge < -0.3 is 0 Å². The summed E-state index contributed by atoms with van der Waals surface area (Å²) in [5.74, 6) is 0. The Labute approximate surface area is 76.9 Å². The molecule has 0 aliphatic heterocycles. The Morgan fingerprint density at radius 3 is 1.77 bits per heavy atom. The fourth-order valence-corrected chi connectivity index (χ4v) is 0.812. The third-order valence-electron chi connectivity index (χ3n) is 1.38. The number of rotatable bonds is 1. The Balaban J connectivity index is 3.18. The molecular weight excluding hydrogens is 162 g/mol. The monoisotopic (exact) mass is 171 g/mol. The second kappa shape index (κ2) is 5.70. The van der Waals surface area contributed by atoms with Crippen LogP contribution in [0.2, 0.25) is 0 Å². The van der Waals surface area contributed by atoms with Crippen molar-refractivity contribution in [2.45, 2.75) is 0 Å². The number of nitrogens with zero attached hydrogens (tertiary/aromatic N) is 1.